The number of carbonyl (C=O) groups is 1. The van der Waals surface area contributed by atoms with Gasteiger partial charge in [0.2, 0.25) is 5.91 Å². The second-order valence-electron chi connectivity index (χ2n) is 7.38. The number of hydrogen-bond acceptors (Lipinski definition) is 4. The number of piperazine rings is 1. The molecule has 1 atom stereocenters. The van der Waals surface area contributed by atoms with Crippen molar-refractivity contribution in [3.05, 3.63) is 59.8 Å². The lowest BCUT2D eigenvalue weighted by atomic mass is 10.0. The third kappa shape index (κ3) is 5.26. The molecule has 0 spiro atoms. The van der Waals surface area contributed by atoms with Crippen LogP contribution in [0.15, 0.2) is 48.7 Å². The van der Waals surface area contributed by atoms with Gasteiger partial charge in [0.15, 0.2) is 0 Å². The van der Waals surface area contributed by atoms with Crippen LogP contribution in [-0.2, 0) is 17.4 Å². The van der Waals surface area contributed by atoms with Crippen LogP contribution in [0.3, 0.4) is 0 Å². The molecule has 8 heteroatoms. The van der Waals surface area contributed by atoms with E-state index < -0.39 is 11.7 Å². The maximum Gasteiger partial charge on any atom is 0.416 e. The Kier molecular flexibility index (Phi) is 6.42. The van der Waals surface area contributed by atoms with Gasteiger partial charge in [0, 0.05) is 32.4 Å². The Hall–Kier alpha value is -2.61. The van der Waals surface area contributed by atoms with Crippen LogP contribution in [-0.4, -0.2) is 67.0 Å². The molecule has 0 bridgehead atoms. The van der Waals surface area contributed by atoms with E-state index in [1.807, 2.05) is 49.3 Å². The van der Waals surface area contributed by atoms with Gasteiger partial charge in [-0.05, 0) is 38.2 Å². The molecule has 29 heavy (non-hydrogen) atoms. The molecular weight excluding hydrogens is 381 g/mol. The third-order valence-corrected chi connectivity index (χ3v) is 5.17. The minimum Gasteiger partial charge on any atom is -0.353 e. The van der Waals surface area contributed by atoms with E-state index >= 15 is 0 Å². The van der Waals surface area contributed by atoms with E-state index in [0.717, 1.165) is 17.7 Å². The molecule has 0 saturated carbocycles. The van der Waals surface area contributed by atoms with Crippen LogP contribution in [0.1, 0.15) is 11.1 Å². The number of alkyl halides is 3. The van der Waals surface area contributed by atoms with Crippen molar-refractivity contribution in [1.82, 2.24) is 14.8 Å². The molecule has 1 saturated heterocycles. The van der Waals surface area contributed by atoms with Crippen molar-refractivity contribution >= 4 is 11.7 Å². The van der Waals surface area contributed by atoms with Gasteiger partial charge in [0.1, 0.15) is 5.82 Å². The van der Waals surface area contributed by atoms with Gasteiger partial charge < -0.3 is 9.80 Å². The Bertz CT molecular complexity index is 818. The quantitative estimate of drug-likeness (QED) is 0.766. The molecule has 1 fully saturated rings. The van der Waals surface area contributed by atoms with Crippen LogP contribution in [0.2, 0.25) is 0 Å². The second kappa shape index (κ2) is 8.82. The van der Waals surface area contributed by atoms with Gasteiger partial charge in [-0.3, -0.25) is 9.69 Å². The number of benzene rings is 1. The average molecular weight is 406 g/mol. The Morgan fingerprint density at radius 1 is 1.10 bits per heavy atom. The van der Waals surface area contributed by atoms with Gasteiger partial charge in [-0.2, -0.15) is 13.2 Å². The minimum atomic E-state index is -4.40. The van der Waals surface area contributed by atoms with Crippen LogP contribution >= 0.6 is 0 Å². The Morgan fingerprint density at radius 2 is 1.76 bits per heavy atom. The van der Waals surface area contributed by atoms with Crippen LogP contribution in [0.4, 0.5) is 19.0 Å². The monoisotopic (exact) mass is 406 g/mol. The third-order valence-electron chi connectivity index (χ3n) is 5.17. The van der Waals surface area contributed by atoms with E-state index in [2.05, 4.69) is 4.98 Å². The summed E-state index contributed by atoms with van der Waals surface area (Å²) in [4.78, 5) is 22.6. The number of rotatable bonds is 5. The van der Waals surface area contributed by atoms with Gasteiger partial charge in [-0.1, -0.05) is 30.3 Å². The molecule has 0 radical (unpaired) electrons. The van der Waals surface area contributed by atoms with Crippen molar-refractivity contribution in [2.45, 2.75) is 18.6 Å². The largest absolute Gasteiger partial charge is 0.416 e. The SMILES string of the molecule is CN(C)C(Cc1ccccc1)C(=O)N1CCN(c2cc(C(F)(F)F)ccn2)CC1. The highest BCUT2D eigenvalue weighted by molar-refractivity contribution is 5.82. The number of likely N-dealkylation sites (N-methyl/N-ethyl adjacent to an activating group) is 1. The Morgan fingerprint density at radius 3 is 2.34 bits per heavy atom. The molecule has 1 aliphatic rings. The van der Waals surface area contributed by atoms with Gasteiger partial charge in [0.25, 0.3) is 0 Å². The molecule has 0 aliphatic carbocycles. The van der Waals surface area contributed by atoms with E-state index in [1.54, 1.807) is 9.80 Å². The summed E-state index contributed by atoms with van der Waals surface area (Å²) in [5.41, 5.74) is 0.378. The highest BCUT2D eigenvalue weighted by Gasteiger charge is 2.32. The highest BCUT2D eigenvalue weighted by Crippen LogP contribution is 2.31. The summed E-state index contributed by atoms with van der Waals surface area (Å²) in [6.07, 6.45) is -2.61. The predicted octanol–water partition coefficient (Wildman–Crippen LogP) is 2.92. The number of hydrogen-bond donors (Lipinski definition) is 0. The second-order valence-corrected chi connectivity index (χ2v) is 7.38. The summed E-state index contributed by atoms with van der Waals surface area (Å²) in [6.45, 7) is 1.81. The first-order chi connectivity index (χ1) is 13.8. The summed E-state index contributed by atoms with van der Waals surface area (Å²) in [6, 6.07) is 11.6. The summed E-state index contributed by atoms with van der Waals surface area (Å²) < 4.78 is 38.8. The maximum atomic E-state index is 13.1. The van der Waals surface area contributed by atoms with Crippen LogP contribution < -0.4 is 4.90 Å². The van der Waals surface area contributed by atoms with E-state index in [1.165, 1.54) is 6.20 Å². The van der Waals surface area contributed by atoms with Crippen molar-refractivity contribution in [3.8, 4) is 0 Å². The minimum absolute atomic E-state index is 0.0375. The van der Waals surface area contributed by atoms with E-state index in [0.29, 0.717) is 38.4 Å². The first-order valence-corrected chi connectivity index (χ1v) is 9.53. The zero-order chi connectivity index (χ0) is 21.0. The number of pyridine rings is 1. The lowest BCUT2D eigenvalue weighted by molar-refractivity contribution is -0.137. The van der Waals surface area contributed by atoms with Crippen molar-refractivity contribution < 1.29 is 18.0 Å². The normalized spacial score (nSPS) is 16.2. The molecule has 1 aromatic carbocycles. The maximum absolute atomic E-state index is 13.1. The van der Waals surface area contributed by atoms with Crippen LogP contribution in [0.25, 0.3) is 0 Å². The molecule has 1 amide bonds. The number of anilines is 1. The molecule has 2 aromatic rings. The smallest absolute Gasteiger partial charge is 0.353 e. The highest BCUT2D eigenvalue weighted by atomic mass is 19.4. The molecule has 1 aromatic heterocycles. The van der Waals surface area contributed by atoms with Crippen LogP contribution in [0.5, 0.6) is 0 Å². The van der Waals surface area contributed by atoms with Gasteiger partial charge >= 0.3 is 6.18 Å². The Balaban J connectivity index is 1.64. The average Bonchev–Trinajstić information content (AvgIpc) is 2.72. The number of nitrogens with zero attached hydrogens (tertiary/aromatic N) is 4. The number of carbonyl (C=O) groups excluding carboxylic acids is 1. The van der Waals surface area contributed by atoms with Crippen LogP contribution in [0, 0.1) is 0 Å². The zero-order valence-corrected chi connectivity index (χ0v) is 16.6. The van der Waals surface area contributed by atoms with E-state index in [-0.39, 0.29) is 11.9 Å². The van der Waals surface area contributed by atoms with Gasteiger partial charge in [-0.15, -0.1) is 0 Å². The topological polar surface area (TPSA) is 39.7 Å². The molecule has 1 aliphatic heterocycles. The standard InChI is InChI=1S/C21H25F3N4O/c1-26(2)18(14-16-6-4-3-5-7-16)20(29)28-12-10-27(11-13-28)19-15-17(8-9-25-19)21(22,23)24/h3-9,15,18H,10-14H2,1-2H3. The zero-order valence-electron chi connectivity index (χ0n) is 16.6. The number of halogens is 3. The van der Waals surface area contributed by atoms with Crippen molar-refractivity contribution in [2.24, 2.45) is 0 Å². The van der Waals surface area contributed by atoms with Gasteiger partial charge in [0.05, 0.1) is 11.6 Å². The molecule has 3 rings (SSSR count). The number of amides is 1. The van der Waals surface area contributed by atoms with Crippen molar-refractivity contribution in [3.63, 3.8) is 0 Å². The molecular formula is C21H25F3N4O. The molecule has 156 valence electrons. The van der Waals surface area contributed by atoms with Crippen molar-refractivity contribution in [2.75, 3.05) is 45.2 Å². The predicted molar refractivity (Wildman–Crippen MR) is 106 cm³/mol. The summed E-state index contributed by atoms with van der Waals surface area (Å²) in [5, 5.41) is 0. The molecule has 1 unspecified atom stereocenters. The number of aromatic nitrogens is 1. The molecule has 0 N–H and O–H groups in total. The summed E-state index contributed by atoms with van der Waals surface area (Å²) in [5.74, 6) is 0.330. The fraction of sp³-hybridized carbons (Fsp3) is 0.429. The van der Waals surface area contributed by atoms with Gasteiger partial charge in [-0.25, -0.2) is 4.98 Å². The summed E-state index contributed by atoms with van der Waals surface area (Å²) >= 11 is 0. The fourth-order valence-corrected chi connectivity index (χ4v) is 3.46. The van der Waals surface area contributed by atoms with Crippen molar-refractivity contribution in [1.29, 1.82) is 0 Å². The fourth-order valence-electron chi connectivity index (χ4n) is 3.46. The first-order valence-electron chi connectivity index (χ1n) is 9.53. The van der Waals surface area contributed by atoms with E-state index in [9.17, 15) is 18.0 Å². The Labute approximate surface area is 168 Å². The molecule has 5 nitrogen and oxygen atoms in total. The lowest BCUT2D eigenvalue weighted by Gasteiger charge is -2.38. The summed E-state index contributed by atoms with van der Waals surface area (Å²) in [7, 11) is 3.77. The molecule has 2 heterocycles. The van der Waals surface area contributed by atoms with E-state index in [4.69, 9.17) is 0 Å². The lowest BCUT2D eigenvalue weighted by Crippen LogP contribution is -2.54. The first kappa shape index (κ1) is 21.1.